The third-order valence-corrected chi connectivity index (χ3v) is 3.27. The Labute approximate surface area is 139 Å². The zero-order valence-corrected chi connectivity index (χ0v) is 12.6. The Morgan fingerprint density at radius 2 is 0.917 bits per heavy atom. The minimum atomic E-state index is 0.562. The molecule has 0 aliphatic carbocycles. The summed E-state index contributed by atoms with van der Waals surface area (Å²) in [5.41, 5.74) is 1.15. The fourth-order valence-corrected chi connectivity index (χ4v) is 2.07. The summed E-state index contributed by atoms with van der Waals surface area (Å²) in [5, 5.41) is 17.7. The predicted molar refractivity (Wildman–Crippen MR) is 88.9 cm³/mol. The number of hydrogen-bond donors (Lipinski definition) is 0. The minimum Gasteiger partial charge on any atom is -0.453 e. The van der Waals surface area contributed by atoms with Crippen LogP contribution in [0.1, 0.15) is 11.1 Å². The SMILES string of the molecule is N#Cc1ccc(Oc2ccccc2Oc2ccc(C#N)cc2)cc1. The molecule has 0 aromatic heterocycles. The monoisotopic (exact) mass is 312 g/mol. The maximum atomic E-state index is 8.83. The van der Waals surface area contributed by atoms with Gasteiger partial charge in [-0.05, 0) is 60.7 Å². The van der Waals surface area contributed by atoms with Crippen molar-refractivity contribution in [1.29, 1.82) is 10.5 Å². The Kier molecular flexibility index (Phi) is 4.42. The molecule has 0 aliphatic rings. The summed E-state index contributed by atoms with van der Waals surface area (Å²) >= 11 is 0. The molecule has 0 amide bonds. The van der Waals surface area contributed by atoms with E-state index in [1.807, 2.05) is 12.1 Å². The highest BCUT2D eigenvalue weighted by Gasteiger charge is 2.07. The lowest BCUT2D eigenvalue weighted by atomic mass is 10.2. The molecular formula is C20H12N2O2. The maximum absolute atomic E-state index is 8.83. The van der Waals surface area contributed by atoms with Gasteiger partial charge in [0.05, 0.1) is 23.3 Å². The molecule has 0 bridgehead atoms. The van der Waals surface area contributed by atoms with Crippen LogP contribution in [0.5, 0.6) is 23.0 Å². The molecule has 0 heterocycles. The van der Waals surface area contributed by atoms with Gasteiger partial charge >= 0.3 is 0 Å². The number of hydrogen-bond acceptors (Lipinski definition) is 4. The van der Waals surface area contributed by atoms with E-state index in [1.165, 1.54) is 0 Å². The molecule has 0 atom stereocenters. The summed E-state index contributed by atoms with van der Waals surface area (Å²) in [6.45, 7) is 0. The van der Waals surface area contributed by atoms with Crippen molar-refractivity contribution in [3.05, 3.63) is 83.9 Å². The van der Waals surface area contributed by atoms with E-state index in [4.69, 9.17) is 20.0 Å². The Morgan fingerprint density at radius 1 is 0.542 bits per heavy atom. The lowest BCUT2D eigenvalue weighted by molar-refractivity contribution is 0.419. The Bertz CT molecular complexity index is 839. The molecule has 24 heavy (non-hydrogen) atoms. The summed E-state index contributed by atoms with van der Waals surface area (Å²) < 4.78 is 11.7. The number of nitriles is 2. The molecule has 3 aromatic carbocycles. The van der Waals surface area contributed by atoms with Crippen LogP contribution in [-0.4, -0.2) is 0 Å². The Balaban J connectivity index is 1.81. The van der Waals surface area contributed by atoms with E-state index in [-0.39, 0.29) is 0 Å². The first-order valence-corrected chi connectivity index (χ1v) is 7.23. The standard InChI is InChI=1S/C20H12N2O2/c21-13-15-5-9-17(10-6-15)23-19-3-1-2-4-20(19)24-18-11-7-16(14-22)8-12-18/h1-12H. The van der Waals surface area contributed by atoms with Gasteiger partial charge in [-0.2, -0.15) is 10.5 Å². The second kappa shape index (κ2) is 7.00. The third kappa shape index (κ3) is 3.52. The highest BCUT2D eigenvalue weighted by molar-refractivity contribution is 5.46. The van der Waals surface area contributed by atoms with Gasteiger partial charge in [0.15, 0.2) is 11.5 Å². The number of ether oxygens (including phenoxy) is 2. The lowest BCUT2D eigenvalue weighted by Crippen LogP contribution is -1.90. The molecule has 0 saturated carbocycles. The normalized spacial score (nSPS) is 9.58. The quantitative estimate of drug-likeness (QED) is 0.679. The first kappa shape index (κ1) is 15.1. The second-order valence-electron chi connectivity index (χ2n) is 4.92. The van der Waals surface area contributed by atoms with Crippen LogP contribution < -0.4 is 9.47 Å². The van der Waals surface area contributed by atoms with Crippen molar-refractivity contribution in [2.45, 2.75) is 0 Å². The largest absolute Gasteiger partial charge is 0.453 e. The molecule has 0 aliphatic heterocycles. The van der Waals surface area contributed by atoms with Gasteiger partial charge in [-0.15, -0.1) is 0 Å². The van der Waals surface area contributed by atoms with Gasteiger partial charge < -0.3 is 9.47 Å². The maximum Gasteiger partial charge on any atom is 0.169 e. The van der Waals surface area contributed by atoms with Crippen LogP contribution in [0.2, 0.25) is 0 Å². The summed E-state index contributed by atoms with van der Waals surface area (Å²) in [6, 6.07) is 25.2. The predicted octanol–water partition coefficient (Wildman–Crippen LogP) is 5.01. The molecule has 4 nitrogen and oxygen atoms in total. The van der Waals surface area contributed by atoms with Gasteiger partial charge in [-0.25, -0.2) is 0 Å². The first-order chi connectivity index (χ1) is 11.8. The van der Waals surface area contributed by atoms with Gasteiger partial charge in [0.1, 0.15) is 11.5 Å². The van der Waals surface area contributed by atoms with Crippen LogP contribution in [0.25, 0.3) is 0 Å². The van der Waals surface area contributed by atoms with E-state index in [1.54, 1.807) is 60.7 Å². The van der Waals surface area contributed by atoms with Crippen molar-refractivity contribution in [3.63, 3.8) is 0 Å². The highest BCUT2D eigenvalue weighted by atomic mass is 16.5. The summed E-state index contributed by atoms with van der Waals surface area (Å²) in [5.74, 6) is 2.35. The number of rotatable bonds is 4. The minimum absolute atomic E-state index is 0.562. The van der Waals surface area contributed by atoms with Crippen LogP contribution in [0.3, 0.4) is 0 Å². The molecular weight excluding hydrogens is 300 g/mol. The molecule has 0 spiro atoms. The molecule has 0 radical (unpaired) electrons. The van der Waals surface area contributed by atoms with Gasteiger partial charge in [-0.3, -0.25) is 0 Å². The van der Waals surface area contributed by atoms with Crippen LogP contribution in [0.15, 0.2) is 72.8 Å². The Morgan fingerprint density at radius 3 is 1.25 bits per heavy atom. The van der Waals surface area contributed by atoms with E-state index in [9.17, 15) is 0 Å². The topological polar surface area (TPSA) is 66.0 Å². The molecule has 3 rings (SSSR count). The first-order valence-electron chi connectivity index (χ1n) is 7.23. The zero-order chi connectivity index (χ0) is 16.8. The second-order valence-corrected chi connectivity index (χ2v) is 4.92. The van der Waals surface area contributed by atoms with Crippen LogP contribution in [0.4, 0.5) is 0 Å². The van der Waals surface area contributed by atoms with Crippen LogP contribution >= 0.6 is 0 Å². The molecule has 3 aromatic rings. The van der Waals surface area contributed by atoms with Crippen LogP contribution in [-0.2, 0) is 0 Å². The summed E-state index contributed by atoms with van der Waals surface area (Å²) in [7, 11) is 0. The molecule has 0 fully saturated rings. The molecule has 0 unspecified atom stereocenters. The zero-order valence-electron chi connectivity index (χ0n) is 12.6. The molecule has 0 saturated heterocycles. The van der Waals surface area contributed by atoms with E-state index in [0.29, 0.717) is 34.1 Å². The fourth-order valence-electron chi connectivity index (χ4n) is 2.07. The average Bonchev–Trinajstić information content (AvgIpc) is 2.64. The molecule has 114 valence electrons. The van der Waals surface area contributed by atoms with Gasteiger partial charge in [0.2, 0.25) is 0 Å². The van der Waals surface area contributed by atoms with E-state index in [2.05, 4.69) is 12.1 Å². The van der Waals surface area contributed by atoms with Crippen molar-refractivity contribution >= 4 is 0 Å². The number of para-hydroxylation sites is 2. The lowest BCUT2D eigenvalue weighted by Gasteiger charge is -2.12. The molecule has 4 heteroatoms. The Hall–Kier alpha value is -3.76. The third-order valence-electron chi connectivity index (χ3n) is 3.27. The summed E-state index contributed by atoms with van der Waals surface area (Å²) in [6.07, 6.45) is 0. The van der Waals surface area contributed by atoms with Crippen LogP contribution in [0, 0.1) is 22.7 Å². The van der Waals surface area contributed by atoms with Crippen molar-refractivity contribution in [2.75, 3.05) is 0 Å². The number of nitrogens with zero attached hydrogens (tertiary/aromatic N) is 2. The summed E-state index contributed by atoms with van der Waals surface area (Å²) in [4.78, 5) is 0. The van der Waals surface area contributed by atoms with Crippen molar-refractivity contribution in [3.8, 4) is 35.1 Å². The van der Waals surface area contributed by atoms with Gasteiger partial charge in [0, 0.05) is 0 Å². The fraction of sp³-hybridized carbons (Fsp3) is 0. The van der Waals surface area contributed by atoms with E-state index < -0.39 is 0 Å². The van der Waals surface area contributed by atoms with Crippen molar-refractivity contribution < 1.29 is 9.47 Å². The highest BCUT2D eigenvalue weighted by Crippen LogP contribution is 2.34. The van der Waals surface area contributed by atoms with Crippen molar-refractivity contribution in [2.24, 2.45) is 0 Å². The van der Waals surface area contributed by atoms with E-state index in [0.717, 1.165) is 0 Å². The molecule has 0 N–H and O–H groups in total. The number of benzene rings is 3. The van der Waals surface area contributed by atoms with Crippen molar-refractivity contribution in [1.82, 2.24) is 0 Å². The van der Waals surface area contributed by atoms with Gasteiger partial charge in [0.25, 0.3) is 0 Å². The smallest absolute Gasteiger partial charge is 0.169 e. The van der Waals surface area contributed by atoms with E-state index >= 15 is 0 Å². The average molecular weight is 312 g/mol. The van der Waals surface area contributed by atoms with Gasteiger partial charge in [-0.1, -0.05) is 12.1 Å².